The number of rotatable bonds is 4. The van der Waals surface area contributed by atoms with Crippen molar-refractivity contribution in [2.24, 2.45) is 5.41 Å². The Labute approximate surface area is 122 Å². The highest BCUT2D eigenvalue weighted by Crippen LogP contribution is 2.46. The van der Waals surface area contributed by atoms with Crippen LogP contribution in [-0.2, 0) is 33.3 Å². The summed E-state index contributed by atoms with van der Waals surface area (Å²) >= 11 is 0. The van der Waals surface area contributed by atoms with Gasteiger partial charge in [0.2, 0.25) is 0 Å². The van der Waals surface area contributed by atoms with Crippen LogP contribution in [0.2, 0.25) is 0 Å². The molecule has 2 fully saturated rings. The van der Waals surface area contributed by atoms with E-state index in [2.05, 4.69) is 0 Å². The molecule has 1 heterocycles. The lowest BCUT2D eigenvalue weighted by Gasteiger charge is -2.41. The molecule has 1 saturated carbocycles. The van der Waals surface area contributed by atoms with Crippen LogP contribution in [0.15, 0.2) is 0 Å². The second-order valence-corrected chi connectivity index (χ2v) is 5.26. The first-order chi connectivity index (χ1) is 9.98. The Hall–Kier alpha value is -1.47. The van der Waals surface area contributed by atoms with E-state index in [0.717, 1.165) is 0 Å². The van der Waals surface area contributed by atoms with Crippen molar-refractivity contribution < 1.29 is 33.3 Å². The third kappa shape index (κ3) is 2.94. The Bertz CT molecular complexity index is 429. The maximum Gasteiger partial charge on any atom is 0.320 e. The number of methoxy groups -OCH3 is 1. The maximum atomic E-state index is 12.4. The Balaban J connectivity index is 2.29. The van der Waals surface area contributed by atoms with E-state index in [1.54, 1.807) is 6.92 Å². The van der Waals surface area contributed by atoms with E-state index in [9.17, 15) is 14.4 Å². The number of hydrogen-bond acceptors (Lipinski definition) is 7. The average Bonchev–Trinajstić information content (AvgIpc) is 2.90. The first-order valence-electron chi connectivity index (χ1n) is 7.03. The van der Waals surface area contributed by atoms with Gasteiger partial charge in [0.25, 0.3) is 0 Å². The molecule has 118 valence electrons. The first-order valence-corrected chi connectivity index (χ1v) is 7.03. The van der Waals surface area contributed by atoms with Crippen LogP contribution >= 0.6 is 0 Å². The van der Waals surface area contributed by atoms with Gasteiger partial charge in [0.1, 0.15) is 5.41 Å². The highest BCUT2D eigenvalue weighted by Gasteiger charge is 2.59. The lowest BCUT2D eigenvalue weighted by Crippen LogP contribution is -2.53. The standard InChI is InChI=1S/C14H20O7/c1-3-19-11(16)8-13(12(17)18-2)9-14(5-4-10(13)15)20-6-7-21-14/h3-9H2,1-2H3. The maximum absolute atomic E-state index is 12.4. The molecule has 0 bridgehead atoms. The molecule has 2 rings (SSSR count). The zero-order chi connectivity index (χ0) is 15.5. The van der Waals surface area contributed by atoms with Gasteiger partial charge in [0.15, 0.2) is 11.6 Å². The van der Waals surface area contributed by atoms with Gasteiger partial charge >= 0.3 is 11.9 Å². The summed E-state index contributed by atoms with van der Waals surface area (Å²) in [4.78, 5) is 36.4. The van der Waals surface area contributed by atoms with E-state index in [1.165, 1.54) is 7.11 Å². The van der Waals surface area contributed by atoms with Gasteiger partial charge in [-0.1, -0.05) is 0 Å². The van der Waals surface area contributed by atoms with Crippen molar-refractivity contribution in [3.05, 3.63) is 0 Å². The summed E-state index contributed by atoms with van der Waals surface area (Å²) in [5.74, 6) is -2.65. The molecule has 1 unspecified atom stereocenters. The zero-order valence-electron chi connectivity index (χ0n) is 12.3. The second-order valence-electron chi connectivity index (χ2n) is 5.26. The molecule has 1 aliphatic carbocycles. The third-order valence-electron chi connectivity index (χ3n) is 3.98. The van der Waals surface area contributed by atoms with Crippen molar-refractivity contribution in [3.8, 4) is 0 Å². The van der Waals surface area contributed by atoms with Crippen molar-refractivity contribution in [2.45, 2.75) is 38.4 Å². The van der Waals surface area contributed by atoms with E-state index in [1.807, 2.05) is 0 Å². The molecule has 0 aromatic carbocycles. The first kappa shape index (κ1) is 15.9. The molecular formula is C14H20O7. The highest BCUT2D eigenvalue weighted by molar-refractivity contribution is 6.07. The summed E-state index contributed by atoms with van der Waals surface area (Å²) in [5, 5.41) is 0. The van der Waals surface area contributed by atoms with Crippen molar-refractivity contribution in [2.75, 3.05) is 26.9 Å². The van der Waals surface area contributed by atoms with Gasteiger partial charge in [-0.25, -0.2) is 0 Å². The minimum absolute atomic E-state index is 0.00960. The molecular weight excluding hydrogens is 280 g/mol. The van der Waals surface area contributed by atoms with Crippen LogP contribution in [-0.4, -0.2) is 50.4 Å². The highest BCUT2D eigenvalue weighted by atomic mass is 16.7. The van der Waals surface area contributed by atoms with Gasteiger partial charge in [-0.3, -0.25) is 14.4 Å². The van der Waals surface area contributed by atoms with Crippen LogP contribution in [0.4, 0.5) is 0 Å². The molecule has 0 aromatic rings. The third-order valence-corrected chi connectivity index (χ3v) is 3.98. The minimum Gasteiger partial charge on any atom is -0.468 e. The summed E-state index contributed by atoms with van der Waals surface area (Å²) in [6.07, 6.45) is 0.132. The minimum atomic E-state index is -1.58. The number of hydrogen-bond donors (Lipinski definition) is 0. The molecule has 0 aromatic heterocycles. The fourth-order valence-corrected chi connectivity index (χ4v) is 3.01. The van der Waals surface area contributed by atoms with Crippen molar-refractivity contribution in [1.82, 2.24) is 0 Å². The Morgan fingerprint density at radius 2 is 1.95 bits per heavy atom. The number of carbonyl (C=O) groups excluding carboxylic acids is 3. The van der Waals surface area contributed by atoms with Crippen LogP contribution in [0.25, 0.3) is 0 Å². The van der Waals surface area contributed by atoms with Gasteiger partial charge < -0.3 is 18.9 Å². The second kappa shape index (κ2) is 6.11. The molecule has 1 saturated heterocycles. The van der Waals surface area contributed by atoms with Gasteiger partial charge in [-0.2, -0.15) is 0 Å². The summed E-state index contributed by atoms with van der Waals surface area (Å²) in [6, 6.07) is 0. The van der Waals surface area contributed by atoms with E-state index >= 15 is 0 Å². The molecule has 1 spiro atoms. The Kier molecular flexibility index (Phi) is 4.63. The number of ketones is 1. The molecule has 0 amide bonds. The lowest BCUT2D eigenvalue weighted by molar-refractivity contribution is -0.211. The zero-order valence-corrected chi connectivity index (χ0v) is 12.3. The number of esters is 2. The van der Waals surface area contributed by atoms with Crippen LogP contribution < -0.4 is 0 Å². The molecule has 2 aliphatic rings. The Morgan fingerprint density at radius 1 is 1.29 bits per heavy atom. The monoisotopic (exact) mass is 300 g/mol. The molecule has 0 radical (unpaired) electrons. The van der Waals surface area contributed by atoms with Crippen LogP contribution in [0.5, 0.6) is 0 Å². The molecule has 1 aliphatic heterocycles. The average molecular weight is 300 g/mol. The number of ether oxygens (including phenoxy) is 4. The quantitative estimate of drug-likeness (QED) is 0.554. The topological polar surface area (TPSA) is 88.1 Å². The van der Waals surface area contributed by atoms with Crippen molar-refractivity contribution in [3.63, 3.8) is 0 Å². The van der Waals surface area contributed by atoms with Crippen LogP contribution in [0, 0.1) is 5.41 Å². The summed E-state index contributed by atoms with van der Waals surface area (Å²) < 4.78 is 20.8. The van der Waals surface area contributed by atoms with E-state index in [-0.39, 0.29) is 31.7 Å². The van der Waals surface area contributed by atoms with Gasteiger partial charge in [-0.15, -0.1) is 0 Å². The SMILES string of the molecule is CCOC(=O)CC1(C(=O)OC)CC2(CCC1=O)OCCO2. The predicted molar refractivity (Wildman–Crippen MR) is 69.2 cm³/mol. The van der Waals surface area contributed by atoms with Crippen LogP contribution in [0.1, 0.15) is 32.6 Å². The molecule has 1 atom stereocenters. The molecule has 7 nitrogen and oxygen atoms in total. The number of Topliss-reactive ketones (excluding diaryl/α,β-unsaturated/α-hetero) is 1. The summed E-state index contributed by atoms with van der Waals surface area (Å²) in [7, 11) is 1.19. The van der Waals surface area contributed by atoms with Crippen molar-refractivity contribution >= 4 is 17.7 Å². The van der Waals surface area contributed by atoms with Gasteiger partial charge in [0.05, 0.1) is 33.4 Å². The summed E-state index contributed by atoms with van der Waals surface area (Å²) in [6.45, 7) is 2.66. The molecule has 7 heteroatoms. The van der Waals surface area contributed by atoms with Crippen LogP contribution in [0.3, 0.4) is 0 Å². The number of carbonyl (C=O) groups is 3. The van der Waals surface area contributed by atoms with Gasteiger partial charge in [-0.05, 0) is 6.92 Å². The Morgan fingerprint density at radius 3 is 2.52 bits per heavy atom. The van der Waals surface area contributed by atoms with E-state index < -0.39 is 23.1 Å². The molecule has 21 heavy (non-hydrogen) atoms. The van der Waals surface area contributed by atoms with E-state index in [0.29, 0.717) is 19.6 Å². The largest absolute Gasteiger partial charge is 0.468 e. The smallest absolute Gasteiger partial charge is 0.320 e. The fourth-order valence-electron chi connectivity index (χ4n) is 3.01. The molecule has 0 N–H and O–H groups in total. The van der Waals surface area contributed by atoms with E-state index in [4.69, 9.17) is 18.9 Å². The normalized spacial score (nSPS) is 27.6. The fraction of sp³-hybridized carbons (Fsp3) is 0.786. The van der Waals surface area contributed by atoms with Gasteiger partial charge in [0, 0.05) is 19.3 Å². The lowest BCUT2D eigenvalue weighted by atomic mass is 9.68. The van der Waals surface area contributed by atoms with Crippen molar-refractivity contribution in [1.29, 1.82) is 0 Å². The predicted octanol–water partition coefficient (Wildman–Crippen LogP) is 0.595. The summed E-state index contributed by atoms with van der Waals surface area (Å²) in [5.41, 5.74) is -1.58.